The Morgan fingerprint density at radius 2 is 2.23 bits per heavy atom. The minimum atomic E-state index is -0.309. The number of rotatable bonds is 4. The summed E-state index contributed by atoms with van der Waals surface area (Å²) in [6.07, 6.45) is 0.955. The van der Waals surface area contributed by atoms with Crippen LogP contribution in [0.15, 0.2) is 28.8 Å². The van der Waals surface area contributed by atoms with E-state index in [4.69, 9.17) is 14.0 Å². The van der Waals surface area contributed by atoms with E-state index in [2.05, 4.69) is 10.5 Å². The number of carbonyl (C=O) groups is 1. The largest absolute Gasteiger partial charge is 0.488 e. The Balaban J connectivity index is 1.72. The van der Waals surface area contributed by atoms with Crippen molar-refractivity contribution >= 4 is 11.6 Å². The number of carbonyl (C=O) groups excluding carboxylic acids is 1. The van der Waals surface area contributed by atoms with Crippen molar-refractivity contribution in [1.82, 2.24) is 5.16 Å². The Hall–Kier alpha value is -2.34. The van der Waals surface area contributed by atoms with Crippen LogP contribution < -0.4 is 10.1 Å². The minimum absolute atomic E-state index is 0.0721. The van der Waals surface area contributed by atoms with Crippen LogP contribution in [0, 0.1) is 13.8 Å². The van der Waals surface area contributed by atoms with Crippen LogP contribution in [-0.4, -0.2) is 30.4 Å². The van der Waals surface area contributed by atoms with Gasteiger partial charge in [0.05, 0.1) is 13.2 Å². The Labute approximate surface area is 128 Å². The van der Waals surface area contributed by atoms with E-state index in [0.29, 0.717) is 18.1 Å². The van der Waals surface area contributed by atoms with Crippen LogP contribution in [-0.2, 0) is 4.74 Å². The van der Waals surface area contributed by atoms with Gasteiger partial charge in [0, 0.05) is 24.2 Å². The molecular formula is C16H18N2O4. The Morgan fingerprint density at radius 1 is 1.36 bits per heavy atom. The first-order chi connectivity index (χ1) is 10.6. The number of hydrogen-bond acceptors (Lipinski definition) is 5. The molecule has 2 aromatic rings. The fourth-order valence-corrected chi connectivity index (χ4v) is 2.26. The van der Waals surface area contributed by atoms with E-state index in [9.17, 15) is 4.79 Å². The number of ether oxygens (including phenoxy) is 2. The second-order valence-corrected chi connectivity index (χ2v) is 5.36. The van der Waals surface area contributed by atoms with Gasteiger partial charge in [0.15, 0.2) is 5.69 Å². The monoisotopic (exact) mass is 302 g/mol. The SMILES string of the molecule is Cc1cc(C(=O)Nc2ccc(C)c(O[C@H]3CCOC3)c2)no1. The van der Waals surface area contributed by atoms with Crippen molar-refractivity contribution in [2.24, 2.45) is 0 Å². The number of hydrogen-bond donors (Lipinski definition) is 1. The predicted octanol–water partition coefficient (Wildman–Crippen LogP) is 2.71. The summed E-state index contributed by atoms with van der Waals surface area (Å²) in [7, 11) is 0. The molecule has 1 saturated heterocycles. The zero-order valence-electron chi connectivity index (χ0n) is 12.6. The Kier molecular flexibility index (Phi) is 4.11. The molecule has 116 valence electrons. The van der Waals surface area contributed by atoms with Crippen LogP contribution in [0.4, 0.5) is 5.69 Å². The number of aromatic nitrogens is 1. The zero-order valence-corrected chi connectivity index (χ0v) is 12.6. The van der Waals surface area contributed by atoms with Crippen molar-refractivity contribution in [2.45, 2.75) is 26.4 Å². The molecule has 0 radical (unpaired) electrons. The molecule has 1 N–H and O–H groups in total. The van der Waals surface area contributed by atoms with Crippen molar-refractivity contribution < 1.29 is 18.8 Å². The first-order valence-electron chi connectivity index (χ1n) is 7.21. The second-order valence-electron chi connectivity index (χ2n) is 5.36. The zero-order chi connectivity index (χ0) is 15.5. The number of nitrogens with one attached hydrogen (secondary N) is 1. The summed E-state index contributed by atoms with van der Waals surface area (Å²) in [5.74, 6) is 1.04. The van der Waals surface area contributed by atoms with Crippen LogP contribution in [0.1, 0.15) is 28.2 Å². The molecule has 0 spiro atoms. The Morgan fingerprint density at radius 3 is 2.91 bits per heavy atom. The molecule has 1 aliphatic rings. The molecule has 22 heavy (non-hydrogen) atoms. The molecule has 1 atom stereocenters. The van der Waals surface area contributed by atoms with Gasteiger partial charge in [-0.25, -0.2) is 0 Å². The van der Waals surface area contributed by atoms with Gasteiger partial charge in [-0.3, -0.25) is 4.79 Å². The summed E-state index contributed by atoms with van der Waals surface area (Å²) < 4.78 is 16.1. The van der Waals surface area contributed by atoms with Crippen LogP contribution in [0.25, 0.3) is 0 Å². The van der Waals surface area contributed by atoms with E-state index in [1.807, 2.05) is 25.1 Å². The average molecular weight is 302 g/mol. The van der Waals surface area contributed by atoms with Crippen LogP contribution in [0.5, 0.6) is 5.75 Å². The third kappa shape index (κ3) is 3.28. The fourth-order valence-electron chi connectivity index (χ4n) is 2.26. The standard InChI is InChI=1S/C16H18N2O4/c1-10-3-4-12(8-15(10)21-13-5-6-20-9-13)17-16(19)14-7-11(2)22-18-14/h3-4,7-8,13H,5-6,9H2,1-2H3,(H,17,19)/t13-/m0/s1. The van der Waals surface area contributed by atoms with Crippen molar-refractivity contribution in [3.8, 4) is 5.75 Å². The summed E-state index contributed by atoms with van der Waals surface area (Å²) in [4.78, 5) is 12.1. The molecule has 1 fully saturated rings. The summed E-state index contributed by atoms with van der Waals surface area (Å²) >= 11 is 0. The highest BCUT2D eigenvalue weighted by molar-refractivity contribution is 6.02. The molecule has 0 unspecified atom stereocenters. The lowest BCUT2D eigenvalue weighted by Gasteiger charge is -2.15. The normalized spacial score (nSPS) is 17.5. The quantitative estimate of drug-likeness (QED) is 0.940. The molecule has 6 nitrogen and oxygen atoms in total. The van der Waals surface area contributed by atoms with Crippen molar-refractivity contribution in [3.05, 3.63) is 41.3 Å². The highest BCUT2D eigenvalue weighted by atomic mass is 16.5. The Bertz CT molecular complexity index is 675. The molecule has 1 aromatic heterocycles. The molecule has 0 bridgehead atoms. The number of amides is 1. The smallest absolute Gasteiger partial charge is 0.277 e. The molecule has 2 heterocycles. The van der Waals surface area contributed by atoms with E-state index < -0.39 is 0 Å². The van der Waals surface area contributed by atoms with E-state index in [-0.39, 0.29) is 17.7 Å². The van der Waals surface area contributed by atoms with E-state index in [0.717, 1.165) is 24.3 Å². The third-order valence-corrected chi connectivity index (χ3v) is 3.49. The molecule has 1 amide bonds. The van der Waals surface area contributed by atoms with Gasteiger partial charge in [-0.15, -0.1) is 0 Å². The van der Waals surface area contributed by atoms with E-state index >= 15 is 0 Å². The average Bonchev–Trinajstić information content (AvgIpc) is 3.14. The summed E-state index contributed by atoms with van der Waals surface area (Å²) in [6, 6.07) is 7.16. The van der Waals surface area contributed by atoms with Gasteiger partial charge in [-0.05, 0) is 25.5 Å². The van der Waals surface area contributed by atoms with Crippen LogP contribution in [0.3, 0.4) is 0 Å². The highest BCUT2D eigenvalue weighted by Crippen LogP contribution is 2.25. The van der Waals surface area contributed by atoms with Crippen molar-refractivity contribution in [3.63, 3.8) is 0 Å². The topological polar surface area (TPSA) is 73.6 Å². The van der Waals surface area contributed by atoms with Gasteiger partial charge in [0.25, 0.3) is 5.91 Å². The predicted molar refractivity (Wildman–Crippen MR) is 80.2 cm³/mol. The van der Waals surface area contributed by atoms with Crippen LogP contribution in [0.2, 0.25) is 0 Å². The maximum Gasteiger partial charge on any atom is 0.277 e. The van der Waals surface area contributed by atoms with Gasteiger partial charge < -0.3 is 19.3 Å². The molecule has 1 aliphatic heterocycles. The summed E-state index contributed by atoms with van der Waals surface area (Å²) in [6.45, 7) is 5.04. The van der Waals surface area contributed by atoms with E-state index in [1.165, 1.54) is 0 Å². The lowest BCUT2D eigenvalue weighted by molar-refractivity contribution is 0.101. The third-order valence-electron chi connectivity index (χ3n) is 3.49. The summed E-state index contributed by atoms with van der Waals surface area (Å²) in [5.41, 5.74) is 1.93. The van der Waals surface area contributed by atoms with Crippen molar-refractivity contribution in [1.29, 1.82) is 0 Å². The van der Waals surface area contributed by atoms with Gasteiger partial charge in [-0.1, -0.05) is 11.2 Å². The molecule has 3 rings (SSSR count). The number of anilines is 1. The second kappa shape index (κ2) is 6.19. The van der Waals surface area contributed by atoms with E-state index in [1.54, 1.807) is 13.0 Å². The van der Waals surface area contributed by atoms with Crippen molar-refractivity contribution in [2.75, 3.05) is 18.5 Å². The molecule has 1 aromatic carbocycles. The molecule has 6 heteroatoms. The maximum absolute atomic E-state index is 12.1. The number of aryl methyl sites for hydroxylation is 2. The first kappa shape index (κ1) is 14.6. The lowest BCUT2D eigenvalue weighted by atomic mass is 10.2. The minimum Gasteiger partial charge on any atom is -0.488 e. The molecule has 0 aliphatic carbocycles. The molecule has 0 saturated carbocycles. The van der Waals surface area contributed by atoms with Crippen LogP contribution >= 0.6 is 0 Å². The first-order valence-corrected chi connectivity index (χ1v) is 7.21. The lowest BCUT2D eigenvalue weighted by Crippen LogP contribution is -2.17. The van der Waals surface area contributed by atoms with Gasteiger partial charge >= 0.3 is 0 Å². The fraction of sp³-hybridized carbons (Fsp3) is 0.375. The number of nitrogens with zero attached hydrogens (tertiary/aromatic N) is 1. The summed E-state index contributed by atoms with van der Waals surface area (Å²) in [5, 5.41) is 6.49. The molecular weight excluding hydrogens is 284 g/mol. The maximum atomic E-state index is 12.1. The highest BCUT2D eigenvalue weighted by Gasteiger charge is 2.18. The van der Waals surface area contributed by atoms with Gasteiger partial charge in [-0.2, -0.15) is 0 Å². The van der Waals surface area contributed by atoms with Gasteiger partial charge in [0.2, 0.25) is 0 Å². The number of benzene rings is 1. The van der Waals surface area contributed by atoms with Gasteiger partial charge in [0.1, 0.15) is 17.6 Å².